The molecular weight excluding hydrogens is 258 g/mol. The van der Waals surface area contributed by atoms with Gasteiger partial charge in [0, 0.05) is 6.92 Å². The van der Waals surface area contributed by atoms with Gasteiger partial charge < -0.3 is 9.94 Å². The van der Waals surface area contributed by atoms with Crippen LogP contribution in [0.25, 0.3) is 0 Å². The molecule has 2 aromatic carbocycles. The topological polar surface area (TPSA) is 66.8 Å². The molecule has 2 aromatic rings. The highest BCUT2D eigenvalue weighted by Crippen LogP contribution is 2.20. The third kappa shape index (κ3) is 2.95. The Hall–Kier alpha value is -2.82. The summed E-state index contributed by atoms with van der Waals surface area (Å²) in [5.41, 5.74) is 0.429. The third-order valence-electron chi connectivity index (χ3n) is 2.57. The molecule has 5 heteroatoms. The Labute approximate surface area is 116 Å². The fourth-order valence-corrected chi connectivity index (χ4v) is 1.64. The second kappa shape index (κ2) is 5.88. The van der Waals surface area contributed by atoms with Crippen LogP contribution in [0.5, 0.6) is 5.75 Å². The molecule has 0 aliphatic heterocycles. The number of para-hydroxylation sites is 2. The van der Waals surface area contributed by atoms with Gasteiger partial charge in [0.15, 0.2) is 0 Å². The number of hydroxylamine groups is 1. The maximum Gasteiger partial charge on any atom is 0.367 e. The third-order valence-corrected chi connectivity index (χ3v) is 2.57. The smallest absolute Gasteiger partial charge is 0.367 e. The van der Waals surface area contributed by atoms with Gasteiger partial charge in [-0.1, -0.05) is 30.3 Å². The van der Waals surface area contributed by atoms with Crippen LogP contribution in [-0.2, 0) is 9.63 Å². The van der Waals surface area contributed by atoms with Crippen molar-refractivity contribution < 1.29 is 19.5 Å². The van der Waals surface area contributed by atoms with E-state index < -0.39 is 11.9 Å². The summed E-state index contributed by atoms with van der Waals surface area (Å²) in [4.78, 5) is 28.6. The molecule has 1 amide bonds. The number of phenolic OH excluding ortho intramolecular Hbond substituents is 1. The number of benzene rings is 2. The summed E-state index contributed by atoms with van der Waals surface area (Å²) in [5.74, 6) is -1.45. The summed E-state index contributed by atoms with van der Waals surface area (Å²) in [7, 11) is 0. The van der Waals surface area contributed by atoms with Gasteiger partial charge in [0.2, 0.25) is 0 Å². The number of rotatable bonds is 2. The number of anilines is 1. The van der Waals surface area contributed by atoms with Crippen LogP contribution in [0.2, 0.25) is 0 Å². The minimum atomic E-state index is -0.804. The Kier molecular flexibility index (Phi) is 4.00. The largest absolute Gasteiger partial charge is 0.507 e. The molecule has 2 rings (SSSR count). The fourth-order valence-electron chi connectivity index (χ4n) is 1.64. The van der Waals surface area contributed by atoms with Crippen molar-refractivity contribution in [2.75, 3.05) is 5.06 Å². The maximum absolute atomic E-state index is 12.0. The molecule has 0 unspecified atom stereocenters. The van der Waals surface area contributed by atoms with Gasteiger partial charge in [0.05, 0.1) is 5.69 Å². The van der Waals surface area contributed by atoms with E-state index in [1.54, 1.807) is 42.5 Å². The molecule has 0 heterocycles. The zero-order valence-corrected chi connectivity index (χ0v) is 10.8. The fraction of sp³-hybridized carbons (Fsp3) is 0.0667. The van der Waals surface area contributed by atoms with Crippen LogP contribution in [0.4, 0.5) is 5.69 Å². The number of phenols is 1. The molecule has 0 atom stereocenters. The van der Waals surface area contributed by atoms with Gasteiger partial charge in [-0.15, -0.1) is 5.06 Å². The lowest BCUT2D eigenvalue weighted by Crippen LogP contribution is -2.31. The lowest BCUT2D eigenvalue weighted by atomic mass is 10.2. The molecule has 5 nitrogen and oxygen atoms in total. The van der Waals surface area contributed by atoms with Crippen LogP contribution < -0.4 is 5.06 Å². The molecule has 0 aliphatic rings. The van der Waals surface area contributed by atoms with Gasteiger partial charge in [-0.3, -0.25) is 4.79 Å². The van der Waals surface area contributed by atoms with E-state index in [-0.39, 0.29) is 11.3 Å². The second-order valence-electron chi connectivity index (χ2n) is 4.04. The molecule has 0 aromatic heterocycles. The maximum atomic E-state index is 12.0. The number of carbonyl (C=O) groups is 2. The van der Waals surface area contributed by atoms with Crippen LogP contribution in [0.15, 0.2) is 54.6 Å². The normalized spacial score (nSPS) is 9.85. The van der Waals surface area contributed by atoms with Gasteiger partial charge >= 0.3 is 5.97 Å². The van der Waals surface area contributed by atoms with E-state index in [2.05, 4.69) is 0 Å². The van der Waals surface area contributed by atoms with Crippen LogP contribution >= 0.6 is 0 Å². The second-order valence-corrected chi connectivity index (χ2v) is 4.04. The van der Waals surface area contributed by atoms with E-state index in [1.165, 1.54) is 19.1 Å². The minimum absolute atomic E-state index is 0.00492. The van der Waals surface area contributed by atoms with Crippen molar-refractivity contribution >= 4 is 17.6 Å². The van der Waals surface area contributed by atoms with Crippen LogP contribution in [0.1, 0.15) is 17.3 Å². The van der Waals surface area contributed by atoms with E-state index in [0.717, 1.165) is 5.06 Å². The summed E-state index contributed by atoms with van der Waals surface area (Å²) in [6, 6.07) is 14.5. The predicted molar refractivity (Wildman–Crippen MR) is 73.1 cm³/mol. The van der Waals surface area contributed by atoms with E-state index in [1.807, 2.05) is 0 Å². The first kappa shape index (κ1) is 13.6. The number of hydrogen-bond acceptors (Lipinski definition) is 4. The molecule has 0 spiro atoms. The molecule has 102 valence electrons. The lowest BCUT2D eigenvalue weighted by Gasteiger charge is -2.19. The Bertz CT molecular complexity index is 625. The van der Waals surface area contributed by atoms with Crippen molar-refractivity contribution in [2.45, 2.75) is 6.92 Å². The first-order chi connectivity index (χ1) is 9.59. The van der Waals surface area contributed by atoms with Crippen molar-refractivity contribution in [3.63, 3.8) is 0 Å². The molecule has 1 N–H and O–H groups in total. The highest BCUT2D eigenvalue weighted by molar-refractivity contribution is 5.97. The SMILES string of the molecule is CC(=O)N(OC(=O)c1ccccc1O)c1ccccc1. The summed E-state index contributed by atoms with van der Waals surface area (Å²) < 4.78 is 0. The number of amides is 1. The zero-order chi connectivity index (χ0) is 14.5. The monoisotopic (exact) mass is 271 g/mol. The highest BCUT2D eigenvalue weighted by Gasteiger charge is 2.20. The van der Waals surface area contributed by atoms with Crippen LogP contribution in [-0.4, -0.2) is 17.0 Å². The molecule has 0 radical (unpaired) electrons. The summed E-state index contributed by atoms with van der Waals surface area (Å²) in [6.45, 7) is 1.28. The zero-order valence-electron chi connectivity index (χ0n) is 10.8. The molecule has 0 fully saturated rings. The summed E-state index contributed by atoms with van der Waals surface area (Å²) in [5, 5.41) is 10.5. The average molecular weight is 271 g/mol. The molecule has 20 heavy (non-hydrogen) atoms. The molecule has 0 bridgehead atoms. The average Bonchev–Trinajstić information content (AvgIpc) is 2.45. The molecule has 0 aliphatic carbocycles. The van der Waals surface area contributed by atoms with Gasteiger partial charge in [-0.05, 0) is 24.3 Å². The Morgan fingerprint density at radius 1 is 1.00 bits per heavy atom. The highest BCUT2D eigenvalue weighted by atomic mass is 16.7. The number of nitrogens with zero attached hydrogens (tertiary/aromatic N) is 1. The first-order valence-corrected chi connectivity index (χ1v) is 5.95. The minimum Gasteiger partial charge on any atom is -0.507 e. The van der Waals surface area contributed by atoms with Gasteiger partial charge in [0.1, 0.15) is 11.3 Å². The number of aromatic hydroxyl groups is 1. The summed E-state index contributed by atoms with van der Waals surface area (Å²) >= 11 is 0. The van der Waals surface area contributed by atoms with Crippen molar-refractivity contribution in [3.05, 3.63) is 60.2 Å². The Balaban J connectivity index is 2.24. The lowest BCUT2D eigenvalue weighted by molar-refractivity contribution is -0.122. The molecule has 0 saturated carbocycles. The standard InChI is InChI=1S/C15H13NO4/c1-11(17)16(12-7-3-2-4-8-12)20-15(19)13-9-5-6-10-14(13)18/h2-10,18H,1H3. The van der Waals surface area contributed by atoms with Gasteiger partial charge in [0.25, 0.3) is 5.91 Å². The van der Waals surface area contributed by atoms with Crippen molar-refractivity contribution in [1.29, 1.82) is 0 Å². The predicted octanol–water partition coefficient (Wildman–Crippen LogP) is 2.52. The van der Waals surface area contributed by atoms with E-state index in [4.69, 9.17) is 4.84 Å². The Morgan fingerprint density at radius 2 is 1.60 bits per heavy atom. The quantitative estimate of drug-likeness (QED) is 0.852. The van der Waals surface area contributed by atoms with Crippen molar-refractivity contribution in [1.82, 2.24) is 0 Å². The van der Waals surface area contributed by atoms with Crippen molar-refractivity contribution in [2.24, 2.45) is 0 Å². The van der Waals surface area contributed by atoms with E-state index >= 15 is 0 Å². The number of carbonyl (C=O) groups excluding carboxylic acids is 2. The summed E-state index contributed by atoms with van der Waals surface area (Å²) in [6.07, 6.45) is 0. The molecular formula is C15H13NO4. The Morgan fingerprint density at radius 3 is 2.20 bits per heavy atom. The van der Waals surface area contributed by atoms with Crippen molar-refractivity contribution in [3.8, 4) is 5.75 Å². The number of hydrogen-bond donors (Lipinski definition) is 1. The van der Waals surface area contributed by atoms with Gasteiger partial charge in [-0.25, -0.2) is 4.79 Å². The molecule has 0 saturated heterocycles. The van der Waals surface area contributed by atoms with Crippen LogP contribution in [0, 0.1) is 0 Å². The first-order valence-electron chi connectivity index (χ1n) is 5.95. The van der Waals surface area contributed by atoms with E-state index in [0.29, 0.717) is 5.69 Å². The van der Waals surface area contributed by atoms with Gasteiger partial charge in [-0.2, -0.15) is 0 Å². The van der Waals surface area contributed by atoms with Crippen LogP contribution in [0.3, 0.4) is 0 Å². The van der Waals surface area contributed by atoms with E-state index in [9.17, 15) is 14.7 Å².